The number of hydrogen-bond acceptors (Lipinski definition) is 4. The highest BCUT2D eigenvalue weighted by Gasteiger charge is 2.33. The number of amides is 1. The Labute approximate surface area is 88.5 Å². The van der Waals surface area contributed by atoms with Gasteiger partial charge >= 0.3 is 0 Å². The lowest BCUT2D eigenvalue weighted by molar-refractivity contribution is -0.124. The van der Waals surface area contributed by atoms with Crippen LogP contribution >= 0.6 is 0 Å². The van der Waals surface area contributed by atoms with Crippen LogP contribution in [0.5, 0.6) is 0 Å². The van der Waals surface area contributed by atoms with Gasteiger partial charge in [0.05, 0.1) is 18.1 Å². The van der Waals surface area contributed by atoms with Crippen LogP contribution in [0.4, 0.5) is 0 Å². The second-order valence-corrected chi connectivity index (χ2v) is 4.10. The molecular formula is C9H17N3O3. The number of ether oxygens (including phenoxy) is 1. The molecule has 0 aromatic carbocycles. The first kappa shape index (κ1) is 11.8. The molecule has 1 heterocycles. The maximum atomic E-state index is 11.7. The van der Waals surface area contributed by atoms with E-state index in [1.54, 1.807) is 6.92 Å². The van der Waals surface area contributed by atoms with Gasteiger partial charge in [-0.25, -0.2) is 0 Å². The number of carbonyl (C=O) groups excluding carboxylic acids is 1. The van der Waals surface area contributed by atoms with Crippen molar-refractivity contribution in [2.75, 3.05) is 13.2 Å². The van der Waals surface area contributed by atoms with Gasteiger partial charge < -0.3 is 21.0 Å². The molecular weight excluding hydrogens is 198 g/mol. The fraction of sp³-hybridized carbons (Fsp3) is 0.778. The molecule has 15 heavy (non-hydrogen) atoms. The van der Waals surface area contributed by atoms with Crippen LogP contribution in [-0.4, -0.2) is 35.7 Å². The van der Waals surface area contributed by atoms with Crippen molar-refractivity contribution in [2.24, 2.45) is 16.8 Å². The number of carbonyl (C=O) groups is 1. The number of hydrogen-bond donors (Lipinski definition) is 3. The minimum atomic E-state index is -0.632. The molecule has 2 atom stereocenters. The maximum Gasteiger partial charge on any atom is 0.231 e. The third-order valence-electron chi connectivity index (χ3n) is 2.60. The van der Waals surface area contributed by atoms with Gasteiger partial charge in [-0.15, -0.1) is 0 Å². The number of oxime groups is 1. The molecule has 0 aromatic heterocycles. The molecule has 1 aliphatic heterocycles. The zero-order valence-corrected chi connectivity index (χ0v) is 8.99. The fourth-order valence-corrected chi connectivity index (χ4v) is 1.39. The average molecular weight is 215 g/mol. The van der Waals surface area contributed by atoms with E-state index in [0.29, 0.717) is 13.2 Å². The van der Waals surface area contributed by atoms with E-state index >= 15 is 0 Å². The molecule has 1 aliphatic rings. The molecule has 0 saturated carbocycles. The Bertz CT molecular complexity index is 272. The van der Waals surface area contributed by atoms with Crippen LogP contribution in [0.2, 0.25) is 0 Å². The van der Waals surface area contributed by atoms with Crippen molar-refractivity contribution < 1.29 is 14.7 Å². The van der Waals surface area contributed by atoms with Crippen LogP contribution in [0, 0.1) is 5.92 Å². The zero-order chi connectivity index (χ0) is 11.5. The normalized spacial score (nSPS) is 28.8. The van der Waals surface area contributed by atoms with E-state index in [-0.39, 0.29) is 17.3 Å². The summed E-state index contributed by atoms with van der Waals surface area (Å²) >= 11 is 0. The lowest BCUT2D eigenvalue weighted by Crippen LogP contribution is -2.50. The van der Waals surface area contributed by atoms with E-state index < -0.39 is 5.92 Å². The van der Waals surface area contributed by atoms with Crippen molar-refractivity contribution in [1.29, 1.82) is 0 Å². The summed E-state index contributed by atoms with van der Waals surface area (Å²) in [5.41, 5.74) is 5.01. The Balaban J connectivity index is 2.55. The number of nitrogens with two attached hydrogens (primary N) is 1. The molecule has 1 saturated heterocycles. The monoisotopic (exact) mass is 215 g/mol. The Kier molecular flexibility index (Phi) is 3.52. The van der Waals surface area contributed by atoms with E-state index in [1.807, 2.05) is 6.92 Å². The van der Waals surface area contributed by atoms with Crippen LogP contribution in [0.3, 0.4) is 0 Å². The quantitative estimate of drug-likeness (QED) is 0.260. The van der Waals surface area contributed by atoms with Crippen molar-refractivity contribution in [1.82, 2.24) is 5.32 Å². The average Bonchev–Trinajstić information content (AvgIpc) is 2.62. The largest absolute Gasteiger partial charge is 0.409 e. The van der Waals surface area contributed by atoms with Gasteiger partial charge in [-0.3, -0.25) is 4.79 Å². The molecule has 1 rings (SSSR count). The van der Waals surface area contributed by atoms with E-state index in [9.17, 15) is 4.79 Å². The number of nitrogens with one attached hydrogen (secondary N) is 1. The van der Waals surface area contributed by atoms with Crippen LogP contribution in [0.25, 0.3) is 0 Å². The summed E-state index contributed by atoms with van der Waals surface area (Å²) in [6.07, 6.45) is 0.779. The highest BCUT2D eigenvalue weighted by atomic mass is 16.5. The first-order valence-corrected chi connectivity index (χ1v) is 4.86. The predicted molar refractivity (Wildman–Crippen MR) is 54.6 cm³/mol. The summed E-state index contributed by atoms with van der Waals surface area (Å²) < 4.78 is 5.20. The summed E-state index contributed by atoms with van der Waals surface area (Å²) in [4.78, 5) is 11.7. The molecule has 2 unspecified atom stereocenters. The van der Waals surface area contributed by atoms with Crippen molar-refractivity contribution in [2.45, 2.75) is 25.8 Å². The molecule has 1 fully saturated rings. The standard InChI is InChI=1S/C9H17N3O3/c1-6(7(10)12-14)8(13)11-9(2)3-4-15-5-9/h6,14H,3-5H2,1-2H3,(H2,10,12)(H,11,13). The summed E-state index contributed by atoms with van der Waals surface area (Å²) in [6.45, 7) is 4.65. The van der Waals surface area contributed by atoms with E-state index in [2.05, 4.69) is 10.5 Å². The van der Waals surface area contributed by atoms with Crippen molar-refractivity contribution in [3.05, 3.63) is 0 Å². The van der Waals surface area contributed by atoms with Crippen LogP contribution in [-0.2, 0) is 9.53 Å². The molecule has 86 valence electrons. The molecule has 0 radical (unpaired) electrons. The summed E-state index contributed by atoms with van der Waals surface area (Å²) in [7, 11) is 0. The van der Waals surface area contributed by atoms with Crippen LogP contribution in [0.1, 0.15) is 20.3 Å². The molecule has 6 heteroatoms. The van der Waals surface area contributed by atoms with Crippen molar-refractivity contribution in [3.63, 3.8) is 0 Å². The van der Waals surface area contributed by atoms with Crippen molar-refractivity contribution >= 4 is 11.7 Å². The molecule has 4 N–H and O–H groups in total. The molecule has 0 bridgehead atoms. The summed E-state index contributed by atoms with van der Waals surface area (Å²) in [5.74, 6) is -0.972. The zero-order valence-electron chi connectivity index (χ0n) is 8.99. The first-order valence-electron chi connectivity index (χ1n) is 4.86. The molecule has 1 amide bonds. The number of amidine groups is 1. The summed E-state index contributed by atoms with van der Waals surface area (Å²) in [5, 5.41) is 14.1. The van der Waals surface area contributed by atoms with E-state index in [1.165, 1.54) is 0 Å². The van der Waals surface area contributed by atoms with Gasteiger partial charge in [0.15, 0.2) is 5.84 Å². The smallest absolute Gasteiger partial charge is 0.231 e. The highest BCUT2D eigenvalue weighted by molar-refractivity contribution is 6.01. The van der Waals surface area contributed by atoms with Gasteiger partial charge in [0.2, 0.25) is 5.91 Å². The molecule has 6 nitrogen and oxygen atoms in total. The van der Waals surface area contributed by atoms with Gasteiger partial charge in [-0.05, 0) is 20.3 Å². The third kappa shape index (κ3) is 2.82. The van der Waals surface area contributed by atoms with Crippen molar-refractivity contribution in [3.8, 4) is 0 Å². The Morgan fingerprint density at radius 3 is 2.87 bits per heavy atom. The van der Waals surface area contributed by atoms with Gasteiger partial charge in [0.1, 0.15) is 0 Å². The topological polar surface area (TPSA) is 96.9 Å². The van der Waals surface area contributed by atoms with Gasteiger partial charge in [0.25, 0.3) is 0 Å². The van der Waals surface area contributed by atoms with E-state index in [0.717, 1.165) is 6.42 Å². The number of rotatable bonds is 3. The summed E-state index contributed by atoms with van der Waals surface area (Å²) in [6, 6.07) is 0. The second-order valence-electron chi connectivity index (χ2n) is 4.10. The lowest BCUT2D eigenvalue weighted by atomic mass is 10.00. The third-order valence-corrected chi connectivity index (χ3v) is 2.60. The van der Waals surface area contributed by atoms with Gasteiger partial charge in [-0.2, -0.15) is 0 Å². The SMILES string of the molecule is CC(C(=O)NC1(C)CCOC1)C(N)=NO. The minimum absolute atomic E-state index is 0.0879. The lowest BCUT2D eigenvalue weighted by Gasteiger charge is -2.25. The molecule has 0 aromatic rings. The predicted octanol–water partition coefficient (Wildman–Crippen LogP) is -0.336. The highest BCUT2D eigenvalue weighted by Crippen LogP contribution is 2.18. The Hall–Kier alpha value is -1.30. The first-order chi connectivity index (χ1) is 6.98. The molecule has 0 aliphatic carbocycles. The maximum absolute atomic E-state index is 11.7. The number of nitrogens with zero attached hydrogens (tertiary/aromatic N) is 1. The Morgan fingerprint density at radius 1 is 1.73 bits per heavy atom. The van der Waals surface area contributed by atoms with Gasteiger partial charge in [-0.1, -0.05) is 5.16 Å². The van der Waals surface area contributed by atoms with Crippen LogP contribution in [0.15, 0.2) is 5.16 Å². The molecule has 0 spiro atoms. The second kappa shape index (κ2) is 4.48. The van der Waals surface area contributed by atoms with Gasteiger partial charge in [0, 0.05) is 6.61 Å². The van der Waals surface area contributed by atoms with Crippen LogP contribution < -0.4 is 11.1 Å². The fourth-order valence-electron chi connectivity index (χ4n) is 1.39. The minimum Gasteiger partial charge on any atom is -0.409 e. The Morgan fingerprint density at radius 2 is 2.40 bits per heavy atom. The van der Waals surface area contributed by atoms with E-state index in [4.69, 9.17) is 15.7 Å².